The molecule has 0 fully saturated rings. The molecule has 1 unspecified atom stereocenters. The topological polar surface area (TPSA) is 78.9 Å². The summed E-state index contributed by atoms with van der Waals surface area (Å²) < 4.78 is 17.0. The van der Waals surface area contributed by atoms with Crippen molar-refractivity contribution in [2.75, 3.05) is 13.2 Å². The molecule has 470 valence electrons. The number of rotatable bonds is 63. The lowest BCUT2D eigenvalue weighted by Gasteiger charge is -2.18. The number of carbonyl (C=O) groups is 3. The van der Waals surface area contributed by atoms with Crippen molar-refractivity contribution >= 4 is 17.9 Å². The quantitative estimate of drug-likeness (QED) is 0.0261. The van der Waals surface area contributed by atoms with Crippen LogP contribution >= 0.6 is 0 Å². The fourth-order valence-electron chi connectivity index (χ4n) is 9.77. The summed E-state index contributed by atoms with van der Waals surface area (Å²) in [5.41, 5.74) is 0. The van der Waals surface area contributed by atoms with Gasteiger partial charge >= 0.3 is 17.9 Å². The number of allylic oxidation sites excluding steroid dienone is 18. The lowest BCUT2D eigenvalue weighted by Crippen LogP contribution is -2.30. The molecule has 6 nitrogen and oxygen atoms in total. The van der Waals surface area contributed by atoms with Crippen molar-refractivity contribution in [1.82, 2.24) is 0 Å². The summed E-state index contributed by atoms with van der Waals surface area (Å²) in [6.07, 6.45) is 95.3. The molecule has 0 amide bonds. The van der Waals surface area contributed by atoms with Crippen LogP contribution in [0.5, 0.6) is 0 Å². The maximum absolute atomic E-state index is 12.9. The molecule has 0 aromatic rings. The number of carbonyl (C=O) groups excluding carboxylic acids is 3. The first-order chi connectivity index (χ1) is 40.5. The van der Waals surface area contributed by atoms with Crippen LogP contribution in [0.4, 0.5) is 0 Å². The van der Waals surface area contributed by atoms with Gasteiger partial charge in [-0.3, -0.25) is 14.4 Å². The van der Waals surface area contributed by atoms with Gasteiger partial charge in [-0.25, -0.2) is 0 Å². The molecule has 0 aliphatic carbocycles. The van der Waals surface area contributed by atoms with E-state index in [1.54, 1.807) is 0 Å². The molecule has 0 aliphatic heterocycles. The second-order valence-corrected chi connectivity index (χ2v) is 23.1. The highest BCUT2D eigenvalue weighted by Gasteiger charge is 2.19. The van der Waals surface area contributed by atoms with Crippen molar-refractivity contribution in [2.45, 2.75) is 341 Å². The number of esters is 3. The Labute approximate surface area is 508 Å². The van der Waals surface area contributed by atoms with Gasteiger partial charge in [-0.05, 0) is 128 Å². The van der Waals surface area contributed by atoms with E-state index in [4.69, 9.17) is 14.2 Å². The van der Waals surface area contributed by atoms with Crippen LogP contribution in [0.1, 0.15) is 335 Å². The third-order valence-electron chi connectivity index (χ3n) is 15.0. The molecule has 0 N–H and O–H groups in total. The summed E-state index contributed by atoms with van der Waals surface area (Å²) in [6, 6.07) is 0. The van der Waals surface area contributed by atoms with Crippen LogP contribution in [0, 0.1) is 0 Å². The number of hydrogen-bond donors (Lipinski definition) is 0. The monoisotopic (exact) mass is 1140 g/mol. The molecule has 0 rings (SSSR count). The standard InChI is InChI=1S/C76H130O6/c1-4-7-10-13-16-19-22-25-28-31-33-34-35-36-37-38-39-40-41-42-43-46-48-51-54-57-60-63-66-69-75(78)81-72-73(71-80-74(77)68-65-62-59-56-53-50-47-44-30-27-24-21-18-15-12-9-6-3)82-76(79)70-67-64-61-58-55-52-49-45-32-29-26-23-20-17-14-11-8-5-2/h7,10,16,19-20,23,25,27-30,32-34,36-37,39-40,73H,4-6,8-9,11-15,17-18,21-22,24,26,31,35,38,41-72H2,1-3H3/b10-7-,19-16-,23-20-,28-25-,30-27-,32-29-,34-33-,37-36-,40-39-. The van der Waals surface area contributed by atoms with Crippen LogP contribution in [0.3, 0.4) is 0 Å². The van der Waals surface area contributed by atoms with Crippen LogP contribution in [0.25, 0.3) is 0 Å². The lowest BCUT2D eigenvalue weighted by atomic mass is 10.1. The molecule has 0 spiro atoms. The molecule has 0 radical (unpaired) electrons. The summed E-state index contributed by atoms with van der Waals surface area (Å²) in [5, 5.41) is 0. The zero-order valence-corrected chi connectivity index (χ0v) is 54.0. The Morgan fingerprint density at radius 2 is 0.476 bits per heavy atom. The van der Waals surface area contributed by atoms with Crippen molar-refractivity contribution < 1.29 is 28.6 Å². The molecule has 0 aromatic carbocycles. The van der Waals surface area contributed by atoms with Gasteiger partial charge in [0, 0.05) is 19.3 Å². The van der Waals surface area contributed by atoms with E-state index in [-0.39, 0.29) is 31.1 Å². The average molecular weight is 1140 g/mol. The third-order valence-corrected chi connectivity index (χ3v) is 15.0. The van der Waals surface area contributed by atoms with Gasteiger partial charge in [0.25, 0.3) is 0 Å². The molecular formula is C76H130O6. The van der Waals surface area contributed by atoms with E-state index in [2.05, 4.69) is 130 Å². The van der Waals surface area contributed by atoms with Gasteiger partial charge in [0.2, 0.25) is 0 Å². The zero-order valence-electron chi connectivity index (χ0n) is 54.0. The summed E-state index contributed by atoms with van der Waals surface area (Å²) in [7, 11) is 0. The maximum atomic E-state index is 12.9. The molecular weight excluding hydrogens is 1010 g/mol. The number of unbranched alkanes of at least 4 members (excludes halogenated alkanes) is 34. The van der Waals surface area contributed by atoms with Gasteiger partial charge in [0.1, 0.15) is 13.2 Å². The number of ether oxygens (including phenoxy) is 3. The van der Waals surface area contributed by atoms with E-state index < -0.39 is 6.10 Å². The van der Waals surface area contributed by atoms with Crippen molar-refractivity contribution in [1.29, 1.82) is 0 Å². The fraction of sp³-hybridized carbons (Fsp3) is 0.724. The molecule has 0 saturated heterocycles. The molecule has 0 aromatic heterocycles. The largest absolute Gasteiger partial charge is 0.462 e. The highest BCUT2D eigenvalue weighted by molar-refractivity contribution is 5.71. The second kappa shape index (κ2) is 69.6. The molecule has 0 saturated carbocycles. The Bertz CT molecular complexity index is 1640. The van der Waals surface area contributed by atoms with Crippen LogP contribution in [0.2, 0.25) is 0 Å². The van der Waals surface area contributed by atoms with E-state index in [1.807, 2.05) is 0 Å². The first-order valence-electron chi connectivity index (χ1n) is 34.9. The van der Waals surface area contributed by atoms with E-state index in [9.17, 15) is 14.4 Å². The van der Waals surface area contributed by atoms with Gasteiger partial charge in [-0.15, -0.1) is 0 Å². The summed E-state index contributed by atoms with van der Waals surface area (Å²) in [5.74, 6) is -0.887. The predicted octanol–water partition coefficient (Wildman–Crippen LogP) is 24.2. The number of hydrogen-bond acceptors (Lipinski definition) is 6. The smallest absolute Gasteiger partial charge is 0.306 e. The minimum absolute atomic E-state index is 0.0836. The minimum Gasteiger partial charge on any atom is -0.462 e. The Kier molecular flexibility index (Phi) is 66.2. The molecule has 0 bridgehead atoms. The Morgan fingerprint density at radius 1 is 0.256 bits per heavy atom. The average Bonchev–Trinajstić information content (AvgIpc) is 3.47. The van der Waals surface area contributed by atoms with Crippen molar-refractivity contribution in [3.63, 3.8) is 0 Å². The third kappa shape index (κ3) is 66.9. The summed E-state index contributed by atoms with van der Waals surface area (Å²) in [6.45, 7) is 6.53. The molecule has 0 heterocycles. The van der Waals surface area contributed by atoms with E-state index in [1.165, 1.54) is 186 Å². The van der Waals surface area contributed by atoms with Gasteiger partial charge in [-0.1, -0.05) is 297 Å². The van der Waals surface area contributed by atoms with E-state index >= 15 is 0 Å². The van der Waals surface area contributed by atoms with E-state index in [0.717, 1.165) is 109 Å². The Balaban J connectivity index is 4.35. The summed E-state index contributed by atoms with van der Waals surface area (Å²) >= 11 is 0. The summed E-state index contributed by atoms with van der Waals surface area (Å²) in [4.78, 5) is 38.5. The lowest BCUT2D eigenvalue weighted by molar-refractivity contribution is -0.167. The Hall–Kier alpha value is -3.93. The predicted molar refractivity (Wildman–Crippen MR) is 357 cm³/mol. The highest BCUT2D eigenvalue weighted by atomic mass is 16.6. The van der Waals surface area contributed by atoms with Crippen LogP contribution in [-0.2, 0) is 28.6 Å². The van der Waals surface area contributed by atoms with Gasteiger partial charge in [-0.2, -0.15) is 0 Å². The van der Waals surface area contributed by atoms with E-state index in [0.29, 0.717) is 19.3 Å². The van der Waals surface area contributed by atoms with Crippen LogP contribution < -0.4 is 0 Å². The first-order valence-corrected chi connectivity index (χ1v) is 34.9. The van der Waals surface area contributed by atoms with Gasteiger partial charge < -0.3 is 14.2 Å². The normalized spacial score (nSPS) is 12.8. The van der Waals surface area contributed by atoms with Gasteiger partial charge in [0.05, 0.1) is 0 Å². The second-order valence-electron chi connectivity index (χ2n) is 23.1. The zero-order chi connectivity index (χ0) is 59.2. The Morgan fingerprint density at radius 3 is 0.768 bits per heavy atom. The SMILES string of the molecule is CC/C=C\C/C=C\C/C=C\C/C=C\C/C=C\C/C=C\CCCCCCCCCCCCC(=O)OCC(COC(=O)CCCCCCCCC/C=C\CCCCCCCC)OC(=O)CCCCCCCCC/C=C\C/C=C\CCCCCC. The molecule has 0 aliphatic rings. The highest BCUT2D eigenvalue weighted by Crippen LogP contribution is 2.16. The maximum Gasteiger partial charge on any atom is 0.306 e. The minimum atomic E-state index is -0.789. The van der Waals surface area contributed by atoms with Crippen molar-refractivity contribution in [3.05, 3.63) is 109 Å². The molecule has 82 heavy (non-hydrogen) atoms. The van der Waals surface area contributed by atoms with Crippen LogP contribution in [0.15, 0.2) is 109 Å². The van der Waals surface area contributed by atoms with Crippen molar-refractivity contribution in [2.24, 2.45) is 0 Å². The van der Waals surface area contributed by atoms with Crippen LogP contribution in [-0.4, -0.2) is 37.2 Å². The fourth-order valence-corrected chi connectivity index (χ4v) is 9.77. The van der Waals surface area contributed by atoms with Gasteiger partial charge in [0.15, 0.2) is 6.10 Å². The van der Waals surface area contributed by atoms with Crippen molar-refractivity contribution in [3.8, 4) is 0 Å². The first kappa shape index (κ1) is 78.1. The molecule has 6 heteroatoms. The molecule has 1 atom stereocenters.